The molecule has 0 aromatic carbocycles. The van der Waals surface area contributed by atoms with E-state index in [1.54, 1.807) is 13.8 Å². The second-order valence-electron chi connectivity index (χ2n) is 5.31. The first-order chi connectivity index (χ1) is 9.88. The summed E-state index contributed by atoms with van der Waals surface area (Å²) in [6.07, 6.45) is 0.0590. The molecular formula is C13H20O6S2. The van der Waals surface area contributed by atoms with E-state index in [1.165, 1.54) is 11.3 Å². The van der Waals surface area contributed by atoms with E-state index in [4.69, 9.17) is 18.8 Å². The third kappa shape index (κ3) is 4.57. The highest BCUT2D eigenvalue weighted by Gasteiger charge is 2.27. The van der Waals surface area contributed by atoms with Gasteiger partial charge in [-0.3, -0.25) is 4.55 Å². The van der Waals surface area contributed by atoms with E-state index in [1.807, 2.05) is 10.8 Å². The molecule has 1 N–H and O–H groups in total. The summed E-state index contributed by atoms with van der Waals surface area (Å²) in [5, 5.41) is 2.95. The molecule has 1 aromatic heterocycles. The number of rotatable bonds is 7. The normalized spacial score (nSPS) is 19.7. The molecule has 2 heterocycles. The minimum atomic E-state index is -4.04. The molecule has 1 aliphatic rings. The molecule has 0 bridgehead atoms. The van der Waals surface area contributed by atoms with Crippen LogP contribution in [0.15, 0.2) is 10.8 Å². The maximum absolute atomic E-state index is 11.2. The summed E-state index contributed by atoms with van der Waals surface area (Å²) in [5.74, 6) is 1.31. The van der Waals surface area contributed by atoms with E-state index in [2.05, 4.69) is 0 Å². The molecule has 0 spiro atoms. The molecule has 0 fully saturated rings. The van der Waals surface area contributed by atoms with Crippen LogP contribution >= 0.6 is 11.3 Å². The van der Waals surface area contributed by atoms with Gasteiger partial charge in [0.05, 0.1) is 11.9 Å². The van der Waals surface area contributed by atoms with E-state index in [0.29, 0.717) is 13.2 Å². The average Bonchev–Trinajstić information content (AvgIpc) is 2.83. The molecule has 120 valence electrons. The standard InChI is InChI=1S/C13H20O6S2/c1-9(2)13(21(14,15)16)3-4-17-5-10-6-18-11-7-20-8-12(11)19-10/h7-10,13H,3-6H2,1-2H3,(H,14,15,16). The Balaban J connectivity index is 1.73. The summed E-state index contributed by atoms with van der Waals surface area (Å²) in [6.45, 7) is 4.50. The zero-order valence-corrected chi connectivity index (χ0v) is 13.7. The van der Waals surface area contributed by atoms with Crippen molar-refractivity contribution in [2.45, 2.75) is 31.6 Å². The van der Waals surface area contributed by atoms with Crippen LogP contribution < -0.4 is 9.47 Å². The average molecular weight is 336 g/mol. The van der Waals surface area contributed by atoms with Gasteiger partial charge in [-0.15, -0.1) is 11.3 Å². The second-order valence-corrected chi connectivity index (χ2v) is 7.69. The predicted octanol–water partition coefficient (Wildman–Crippen LogP) is 2.21. The predicted molar refractivity (Wildman–Crippen MR) is 79.8 cm³/mol. The Kier molecular flexibility index (Phi) is 5.48. The fraction of sp³-hybridized carbons (Fsp3) is 0.692. The Morgan fingerprint density at radius 1 is 1.43 bits per heavy atom. The first-order valence-electron chi connectivity index (χ1n) is 6.77. The molecule has 0 aliphatic carbocycles. The summed E-state index contributed by atoms with van der Waals surface area (Å²) in [7, 11) is -4.04. The van der Waals surface area contributed by atoms with Gasteiger partial charge in [-0.25, -0.2) is 0 Å². The number of hydrogen-bond acceptors (Lipinski definition) is 6. The van der Waals surface area contributed by atoms with Gasteiger partial charge in [0.1, 0.15) is 6.61 Å². The van der Waals surface area contributed by atoms with Crippen LogP contribution in [0.1, 0.15) is 20.3 Å². The van der Waals surface area contributed by atoms with Crippen LogP contribution in [0.5, 0.6) is 11.5 Å². The maximum Gasteiger partial charge on any atom is 0.268 e. The zero-order valence-electron chi connectivity index (χ0n) is 12.0. The van der Waals surface area contributed by atoms with Crippen molar-refractivity contribution in [3.05, 3.63) is 10.8 Å². The van der Waals surface area contributed by atoms with E-state index in [9.17, 15) is 8.42 Å². The number of hydrogen-bond donors (Lipinski definition) is 1. The van der Waals surface area contributed by atoms with Crippen LogP contribution in [0.3, 0.4) is 0 Å². The molecule has 2 rings (SSSR count). The monoisotopic (exact) mass is 336 g/mol. The third-order valence-electron chi connectivity index (χ3n) is 3.29. The first kappa shape index (κ1) is 16.5. The Hall–Kier alpha value is -0.830. The molecule has 0 saturated carbocycles. The molecule has 0 amide bonds. The molecule has 8 heteroatoms. The molecule has 6 nitrogen and oxygen atoms in total. The zero-order chi connectivity index (χ0) is 15.5. The quantitative estimate of drug-likeness (QED) is 0.607. The summed E-state index contributed by atoms with van der Waals surface area (Å²) in [5.41, 5.74) is 0. The van der Waals surface area contributed by atoms with E-state index in [0.717, 1.165) is 11.5 Å². The van der Waals surface area contributed by atoms with Gasteiger partial charge < -0.3 is 14.2 Å². The van der Waals surface area contributed by atoms with E-state index >= 15 is 0 Å². The molecule has 1 aliphatic heterocycles. The fourth-order valence-corrected chi connectivity index (χ4v) is 3.94. The first-order valence-corrected chi connectivity index (χ1v) is 9.22. The molecule has 21 heavy (non-hydrogen) atoms. The minimum Gasteiger partial charge on any atom is -0.485 e. The lowest BCUT2D eigenvalue weighted by atomic mass is 10.1. The molecule has 0 saturated heterocycles. The van der Waals surface area contributed by atoms with Crippen molar-refractivity contribution >= 4 is 21.5 Å². The fourth-order valence-electron chi connectivity index (χ4n) is 2.18. The van der Waals surface area contributed by atoms with Gasteiger partial charge >= 0.3 is 0 Å². The van der Waals surface area contributed by atoms with E-state index < -0.39 is 15.4 Å². The van der Waals surface area contributed by atoms with Crippen molar-refractivity contribution in [1.82, 2.24) is 0 Å². The summed E-state index contributed by atoms with van der Waals surface area (Å²) >= 11 is 1.51. The molecule has 2 unspecified atom stereocenters. The van der Waals surface area contributed by atoms with Crippen LogP contribution in [-0.4, -0.2) is 44.1 Å². The lowest BCUT2D eigenvalue weighted by Gasteiger charge is -2.24. The number of thiophene rings is 1. The van der Waals surface area contributed by atoms with Gasteiger partial charge in [-0.2, -0.15) is 8.42 Å². The van der Waals surface area contributed by atoms with Crippen molar-refractivity contribution in [3.63, 3.8) is 0 Å². The lowest BCUT2D eigenvalue weighted by molar-refractivity contribution is 0.00809. The van der Waals surface area contributed by atoms with Crippen LogP contribution in [0.2, 0.25) is 0 Å². The molecule has 0 radical (unpaired) electrons. The third-order valence-corrected chi connectivity index (χ3v) is 5.53. The largest absolute Gasteiger partial charge is 0.485 e. The Labute approximate surface area is 128 Å². The van der Waals surface area contributed by atoms with Crippen LogP contribution in [-0.2, 0) is 14.9 Å². The van der Waals surface area contributed by atoms with Crippen LogP contribution in [0.25, 0.3) is 0 Å². The van der Waals surface area contributed by atoms with Crippen LogP contribution in [0.4, 0.5) is 0 Å². The topological polar surface area (TPSA) is 82.1 Å². The van der Waals surface area contributed by atoms with Gasteiger partial charge in [0.15, 0.2) is 17.6 Å². The van der Waals surface area contributed by atoms with Crippen molar-refractivity contribution in [1.29, 1.82) is 0 Å². The number of ether oxygens (including phenoxy) is 3. The van der Waals surface area contributed by atoms with Crippen molar-refractivity contribution < 1.29 is 27.2 Å². The Bertz CT molecular complexity index is 551. The smallest absolute Gasteiger partial charge is 0.268 e. The minimum absolute atomic E-state index is 0.161. The summed E-state index contributed by atoms with van der Waals surface area (Å²) in [6, 6.07) is 0. The van der Waals surface area contributed by atoms with Gasteiger partial charge in [0.2, 0.25) is 0 Å². The maximum atomic E-state index is 11.2. The van der Waals surface area contributed by atoms with E-state index in [-0.39, 0.29) is 25.0 Å². The Morgan fingerprint density at radius 3 is 2.81 bits per heavy atom. The second kappa shape index (κ2) is 6.95. The number of fused-ring (bicyclic) bond motifs is 1. The Morgan fingerprint density at radius 2 is 2.14 bits per heavy atom. The molecule has 2 atom stereocenters. The highest BCUT2D eigenvalue weighted by Crippen LogP contribution is 2.35. The highest BCUT2D eigenvalue weighted by molar-refractivity contribution is 7.86. The molecular weight excluding hydrogens is 316 g/mol. The van der Waals surface area contributed by atoms with Crippen molar-refractivity contribution in [3.8, 4) is 11.5 Å². The SMILES string of the molecule is CC(C)C(CCOCC1COc2cscc2O1)S(=O)(=O)O. The highest BCUT2D eigenvalue weighted by atomic mass is 32.2. The van der Waals surface area contributed by atoms with Gasteiger partial charge in [0.25, 0.3) is 10.1 Å². The van der Waals surface area contributed by atoms with Crippen molar-refractivity contribution in [2.75, 3.05) is 19.8 Å². The van der Waals surface area contributed by atoms with Gasteiger partial charge in [-0.05, 0) is 12.3 Å². The summed E-state index contributed by atoms with van der Waals surface area (Å²) < 4.78 is 48.3. The van der Waals surface area contributed by atoms with Crippen LogP contribution in [0, 0.1) is 5.92 Å². The van der Waals surface area contributed by atoms with Gasteiger partial charge in [0, 0.05) is 17.4 Å². The lowest BCUT2D eigenvalue weighted by Crippen LogP contribution is -2.34. The molecule has 1 aromatic rings. The van der Waals surface area contributed by atoms with Crippen molar-refractivity contribution in [2.24, 2.45) is 5.92 Å². The van der Waals surface area contributed by atoms with Gasteiger partial charge in [-0.1, -0.05) is 13.8 Å². The summed E-state index contributed by atoms with van der Waals surface area (Å²) in [4.78, 5) is 0.